The van der Waals surface area contributed by atoms with Gasteiger partial charge in [-0.05, 0) is 35.7 Å². The van der Waals surface area contributed by atoms with Crippen molar-refractivity contribution in [1.29, 1.82) is 0 Å². The molecule has 1 unspecified atom stereocenters. The summed E-state index contributed by atoms with van der Waals surface area (Å²) in [5.74, 6) is 0. The molecule has 0 saturated carbocycles. The fourth-order valence-electron chi connectivity index (χ4n) is 2.13. The van der Waals surface area contributed by atoms with Crippen LogP contribution < -0.4 is 5.32 Å². The minimum Gasteiger partial charge on any atom is -0.388 e. The van der Waals surface area contributed by atoms with Gasteiger partial charge >= 0.3 is 0 Å². The lowest BCUT2D eigenvalue weighted by atomic mass is 10.1. The lowest BCUT2D eigenvalue weighted by Crippen LogP contribution is -2.03. The van der Waals surface area contributed by atoms with E-state index in [0.29, 0.717) is 0 Å². The molecule has 0 aromatic heterocycles. The van der Waals surface area contributed by atoms with Crippen molar-refractivity contribution in [2.45, 2.75) is 26.9 Å². The molecule has 0 fully saturated rings. The highest BCUT2D eigenvalue weighted by molar-refractivity contribution is 7.93. The molecule has 142 valence electrons. The van der Waals surface area contributed by atoms with Gasteiger partial charge in [-0.1, -0.05) is 62.4 Å². The van der Waals surface area contributed by atoms with Gasteiger partial charge in [-0.2, -0.15) is 9.22 Å². The van der Waals surface area contributed by atoms with Crippen molar-refractivity contribution < 1.29 is 14.0 Å². The maximum atomic E-state index is 5.54. The minimum absolute atomic E-state index is 0.0532. The fourth-order valence-corrected chi connectivity index (χ4v) is 2.26. The molecule has 0 bridgehead atoms. The average Bonchev–Trinajstić information content (AvgIpc) is 2.72. The maximum absolute atomic E-state index is 5.54. The van der Waals surface area contributed by atoms with Crippen molar-refractivity contribution in [3.05, 3.63) is 65.2 Å². The second-order valence-corrected chi connectivity index (χ2v) is 5.62. The highest BCUT2D eigenvalue weighted by Crippen LogP contribution is 2.19. The Kier molecular flexibility index (Phi) is 11.5. The fraction of sp³-hybridized carbons (Fsp3) is 0.333. The van der Waals surface area contributed by atoms with Crippen molar-refractivity contribution in [1.82, 2.24) is 0 Å². The van der Waals surface area contributed by atoms with Crippen LogP contribution in [0, 0.1) is 0 Å². The Morgan fingerprint density at radius 3 is 2.00 bits per heavy atom. The van der Waals surface area contributed by atoms with E-state index in [-0.39, 0.29) is 12.9 Å². The molecule has 0 heterocycles. The zero-order valence-electron chi connectivity index (χ0n) is 16.2. The monoisotopic (exact) mass is 375 g/mol. The summed E-state index contributed by atoms with van der Waals surface area (Å²) < 4.78 is 10.2. The number of nitrogens with one attached hydrogen (secondary N) is 1. The molecule has 2 rings (SSSR count). The minimum atomic E-state index is -0.0532. The van der Waals surface area contributed by atoms with Gasteiger partial charge in [0.1, 0.15) is 0 Å². The van der Waals surface area contributed by atoms with E-state index in [1.54, 1.807) is 6.26 Å². The van der Waals surface area contributed by atoms with Crippen LogP contribution in [0.1, 0.15) is 43.6 Å². The molecule has 4 nitrogen and oxygen atoms in total. The molecule has 0 aliphatic heterocycles. The number of hydrogen-bond acceptors (Lipinski definition) is 5. The Bertz CT molecular complexity index is 627. The van der Waals surface area contributed by atoms with E-state index >= 15 is 0 Å². The van der Waals surface area contributed by atoms with Gasteiger partial charge in [-0.25, -0.2) is 0 Å². The SMILES string of the molecule is CC.CNc1ccc(/C=C/c2ccc(C(C)OCOOSC)cc2)cc1. The standard InChI is InChI=1S/C19H23NO3S.C2H6/c1-15(21-14-22-23-24-3)18-10-6-16(7-11-18)4-5-17-8-12-19(20-2)13-9-17;1-2/h4-13,15,20H,14H2,1-3H3;1-2H3/b5-4+;. The normalized spacial score (nSPS) is 11.7. The molecule has 0 spiro atoms. The first kappa shape index (κ1) is 22.3. The molecule has 2 aromatic rings. The topological polar surface area (TPSA) is 39.7 Å². The van der Waals surface area contributed by atoms with Crippen molar-refractivity contribution in [3.8, 4) is 0 Å². The molecular weight excluding hydrogens is 346 g/mol. The Hall–Kier alpha value is -1.79. The van der Waals surface area contributed by atoms with Gasteiger partial charge in [0.05, 0.1) is 6.10 Å². The second kappa shape index (κ2) is 13.4. The van der Waals surface area contributed by atoms with Gasteiger partial charge in [0.2, 0.25) is 0 Å². The van der Waals surface area contributed by atoms with Crippen LogP contribution in [-0.2, 0) is 14.0 Å². The van der Waals surface area contributed by atoms with Crippen LogP contribution in [0.4, 0.5) is 5.69 Å². The molecule has 2 aromatic carbocycles. The Morgan fingerprint density at radius 2 is 1.50 bits per heavy atom. The van der Waals surface area contributed by atoms with E-state index in [9.17, 15) is 0 Å². The number of ether oxygens (including phenoxy) is 1. The van der Waals surface area contributed by atoms with Crippen LogP contribution in [0.2, 0.25) is 0 Å². The van der Waals surface area contributed by atoms with Gasteiger partial charge in [-0.3, -0.25) is 0 Å². The van der Waals surface area contributed by atoms with Crippen molar-refractivity contribution in [2.24, 2.45) is 0 Å². The highest BCUT2D eigenvalue weighted by Gasteiger charge is 2.05. The number of benzene rings is 2. The molecule has 1 atom stereocenters. The Balaban J connectivity index is 0.00000163. The third-order valence-electron chi connectivity index (χ3n) is 3.56. The Labute approximate surface area is 161 Å². The first-order valence-corrected chi connectivity index (χ1v) is 9.87. The van der Waals surface area contributed by atoms with Crippen LogP contribution in [0.15, 0.2) is 48.5 Å². The molecule has 0 saturated heterocycles. The van der Waals surface area contributed by atoms with Crippen LogP contribution >= 0.6 is 12.0 Å². The van der Waals surface area contributed by atoms with Crippen molar-refractivity contribution in [3.63, 3.8) is 0 Å². The summed E-state index contributed by atoms with van der Waals surface area (Å²) in [5.41, 5.74) is 4.52. The third kappa shape index (κ3) is 8.06. The van der Waals surface area contributed by atoms with Gasteiger partial charge in [0.25, 0.3) is 0 Å². The Morgan fingerprint density at radius 1 is 0.962 bits per heavy atom. The third-order valence-corrected chi connectivity index (χ3v) is 3.79. The number of anilines is 1. The van der Waals surface area contributed by atoms with Gasteiger partial charge in [0.15, 0.2) is 6.79 Å². The molecule has 0 aliphatic rings. The smallest absolute Gasteiger partial charge is 0.182 e. The predicted octanol–water partition coefficient (Wildman–Crippen LogP) is 6.19. The van der Waals surface area contributed by atoms with Crippen LogP contribution in [0.5, 0.6) is 0 Å². The zero-order valence-corrected chi connectivity index (χ0v) is 17.0. The lowest BCUT2D eigenvalue weighted by molar-refractivity contribution is -0.264. The van der Waals surface area contributed by atoms with Crippen LogP contribution in [-0.4, -0.2) is 20.1 Å². The van der Waals surface area contributed by atoms with Crippen molar-refractivity contribution in [2.75, 3.05) is 25.4 Å². The van der Waals surface area contributed by atoms with E-state index in [0.717, 1.165) is 28.9 Å². The lowest BCUT2D eigenvalue weighted by Gasteiger charge is -2.12. The van der Waals surface area contributed by atoms with Crippen LogP contribution in [0.25, 0.3) is 12.2 Å². The zero-order chi connectivity index (χ0) is 19.2. The first-order chi connectivity index (χ1) is 12.7. The molecule has 1 N–H and O–H groups in total. The van der Waals surface area contributed by atoms with E-state index in [1.165, 1.54) is 5.56 Å². The van der Waals surface area contributed by atoms with Crippen LogP contribution in [0.3, 0.4) is 0 Å². The highest BCUT2D eigenvalue weighted by atomic mass is 32.2. The van der Waals surface area contributed by atoms with E-state index in [1.807, 2.05) is 27.8 Å². The molecule has 0 amide bonds. The summed E-state index contributed by atoms with van der Waals surface area (Å²) in [7, 11) is 1.92. The summed E-state index contributed by atoms with van der Waals surface area (Å²) in [5, 5.41) is 3.11. The molecule has 0 aliphatic carbocycles. The summed E-state index contributed by atoms with van der Waals surface area (Å²) >= 11 is 1.14. The first-order valence-electron chi connectivity index (χ1n) is 8.72. The van der Waals surface area contributed by atoms with Gasteiger partial charge in [0, 0.05) is 31.0 Å². The molecule has 26 heavy (non-hydrogen) atoms. The maximum Gasteiger partial charge on any atom is 0.182 e. The summed E-state index contributed by atoms with van der Waals surface area (Å²) in [6.07, 6.45) is 5.92. The largest absolute Gasteiger partial charge is 0.388 e. The quantitative estimate of drug-likeness (QED) is 0.141. The summed E-state index contributed by atoms with van der Waals surface area (Å²) in [6, 6.07) is 16.6. The molecule has 0 radical (unpaired) electrons. The second-order valence-electron chi connectivity index (χ2n) is 5.15. The molecule has 5 heteroatoms. The van der Waals surface area contributed by atoms with Gasteiger partial charge in [-0.15, -0.1) is 0 Å². The van der Waals surface area contributed by atoms with E-state index < -0.39 is 0 Å². The van der Waals surface area contributed by atoms with Crippen molar-refractivity contribution >= 4 is 29.9 Å². The van der Waals surface area contributed by atoms with Gasteiger partial charge < -0.3 is 10.1 Å². The average molecular weight is 376 g/mol. The number of rotatable bonds is 9. The number of hydrogen-bond donors (Lipinski definition) is 1. The van der Waals surface area contributed by atoms with E-state index in [4.69, 9.17) is 14.0 Å². The summed E-state index contributed by atoms with van der Waals surface area (Å²) in [4.78, 5) is 4.83. The summed E-state index contributed by atoms with van der Waals surface area (Å²) in [6.45, 7) is 6.09. The van der Waals surface area contributed by atoms with E-state index in [2.05, 4.69) is 66.0 Å². The molecular formula is C21H29NO3S. The predicted molar refractivity (Wildman–Crippen MR) is 113 cm³/mol.